The van der Waals surface area contributed by atoms with E-state index in [2.05, 4.69) is 5.32 Å². The van der Waals surface area contributed by atoms with Crippen LogP contribution in [-0.2, 0) is 6.42 Å². The van der Waals surface area contributed by atoms with Gasteiger partial charge in [0.2, 0.25) is 0 Å². The molecule has 1 aromatic carbocycles. The summed E-state index contributed by atoms with van der Waals surface area (Å²) in [7, 11) is 0. The number of nitrogens with one attached hydrogen (secondary N) is 1. The van der Waals surface area contributed by atoms with Gasteiger partial charge in [0.25, 0.3) is 5.91 Å². The van der Waals surface area contributed by atoms with Crippen LogP contribution in [0.3, 0.4) is 0 Å². The first-order chi connectivity index (χ1) is 11.0. The topological polar surface area (TPSA) is 71.7 Å². The summed E-state index contributed by atoms with van der Waals surface area (Å²) in [6.07, 6.45) is -0.328. The Morgan fingerprint density at radius 1 is 1.30 bits per heavy atom. The second kappa shape index (κ2) is 7.73. The second-order valence-electron chi connectivity index (χ2n) is 4.87. The average molecular weight is 325 g/mol. The molecule has 1 amide bonds. The minimum atomic E-state index is -1.03. The summed E-state index contributed by atoms with van der Waals surface area (Å²) in [5, 5.41) is 12.2. The molecule has 124 valence electrons. The molecule has 0 bridgehead atoms. The van der Waals surface area contributed by atoms with Crippen LogP contribution in [0.15, 0.2) is 34.7 Å². The van der Waals surface area contributed by atoms with Gasteiger partial charge in [-0.15, -0.1) is 0 Å². The first-order valence-corrected chi connectivity index (χ1v) is 7.12. The van der Waals surface area contributed by atoms with E-state index in [1.807, 2.05) is 6.92 Å². The van der Waals surface area contributed by atoms with E-state index in [1.54, 1.807) is 12.1 Å². The zero-order valence-corrected chi connectivity index (χ0v) is 12.5. The van der Waals surface area contributed by atoms with Gasteiger partial charge in [-0.2, -0.15) is 0 Å². The number of aliphatic hydroxyl groups excluding tert-OH is 1. The molecule has 1 aromatic heterocycles. The van der Waals surface area contributed by atoms with E-state index < -0.39 is 23.6 Å². The van der Waals surface area contributed by atoms with Crippen LogP contribution < -0.4 is 10.1 Å². The molecule has 0 fully saturated rings. The number of amides is 1. The number of carbonyl (C=O) groups is 1. The van der Waals surface area contributed by atoms with Crippen molar-refractivity contribution >= 4 is 5.91 Å². The Balaban J connectivity index is 1.77. The van der Waals surface area contributed by atoms with Gasteiger partial charge in [0.15, 0.2) is 17.4 Å². The number of hydrogen-bond acceptors (Lipinski definition) is 4. The highest BCUT2D eigenvalue weighted by Crippen LogP contribution is 2.15. The Bertz CT molecular complexity index is 672. The Morgan fingerprint density at radius 3 is 2.74 bits per heavy atom. The molecule has 7 heteroatoms. The number of benzene rings is 1. The molecular weight excluding hydrogens is 308 g/mol. The number of halogens is 2. The largest absolute Gasteiger partial charge is 0.491 e. The quantitative estimate of drug-likeness (QED) is 0.819. The van der Waals surface area contributed by atoms with Crippen molar-refractivity contribution in [3.63, 3.8) is 0 Å². The number of ether oxygens (including phenoxy) is 1. The number of furan rings is 1. The lowest BCUT2D eigenvalue weighted by Gasteiger charge is -2.13. The van der Waals surface area contributed by atoms with Gasteiger partial charge in [0.1, 0.15) is 24.2 Å². The molecule has 1 atom stereocenters. The zero-order valence-electron chi connectivity index (χ0n) is 12.5. The lowest BCUT2D eigenvalue weighted by atomic mass is 10.3. The fraction of sp³-hybridized carbons (Fsp3) is 0.312. The van der Waals surface area contributed by atoms with Gasteiger partial charge >= 0.3 is 0 Å². The smallest absolute Gasteiger partial charge is 0.287 e. The molecule has 2 aromatic rings. The normalized spacial score (nSPS) is 12.0. The summed E-state index contributed by atoms with van der Waals surface area (Å²) in [5.74, 6) is -1.51. The molecule has 0 spiro atoms. The van der Waals surface area contributed by atoms with Crippen molar-refractivity contribution in [1.82, 2.24) is 5.32 Å². The zero-order chi connectivity index (χ0) is 16.8. The third-order valence-electron chi connectivity index (χ3n) is 3.07. The van der Waals surface area contributed by atoms with Crippen molar-refractivity contribution in [2.24, 2.45) is 0 Å². The minimum Gasteiger partial charge on any atom is -0.491 e. The SMILES string of the molecule is CCc1ccc(C(=O)NCC(O)COc2ccc(F)c(F)c2)o1. The molecule has 0 aliphatic rings. The first-order valence-electron chi connectivity index (χ1n) is 7.12. The van der Waals surface area contributed by atoms with Crippen LogP contribution in [0.5, 0.6) is 5.75 Å². The summed E-state index contributed by atoms with van der Waals surface area (Å²) < 4.78 is 36.2. The van der Waals surface area contributed by atoms with Gasteiger partial charge < -0.3 is 19.6 Å². The maximum atomic E-state index is 13.0. The monoisotopic (exact) mass is 325 g/mol. The second-order valence-corrected chi connectivity index (χ2v) is 4.87. The number of aliphatic hydroxyl groups is 1. The standard InChI is InChI=1S/C16H17F2NO4/c1-2-11-4-6-15(23-11)16(21)19-8-10(20)9-22-12-3-5-13(17)14(18)7-12/h3-7,10,20H,2,8-9H2,1H3,(H,19,21). The first kappa shape index (κ1) is 17.0. The third-order valence-corrected chi connectivity index (χ3v) is 3.07. The summed E-state index contributed by atoms with van der Waals surface area (Å²) >= 11 is 0. The Hall–Kier alpha value is -2.41. The van der Waals surface area contributed by atoms with E-state index >= 15 is 0 Å². The maximum absolute atomic E-state index is 13.0. The molecule has 5 nitrogen and oxygen atoms in total. The highest BCUT2D eigenvalue weighted by Gasteiger charge is 2.13. The number of rotatable bonds is 7. The lowest BCUT2D eigenvalue weighted by Crippen LogP contribution is -2.35. The van der Waals surface area contributed by atoms with Crippen LogP contribution in [0, 0.1) is 11.6 Å². The van der Waals surface area contributed by atoms with Gasteiger partial charge in [0, 0.05) is 19.0 Å². The fourth-order valence-corrected chi connectivity index (χ4v) is 1.81. The van der Waals surface area contributed by atoms with Crippen LogP contribution in [0.1, 0.15) is 23.2 Å². The van der Waals surface area contributed by atoms with E-state index in [0.29, 0.717) is 12.2 Å². The van der Waals surface area contributed by atoms with Gasteiger partial charge in [-0.3, -0.25) is 4.79 Å². The molecule has 1 heterocycles. The van der Waals surface area contributed by atoms with Crippen molar-refractivity contribution in [2.45, 2.75) is 19.4 Å². The van der Waals surface area contributed by atoms with Gasteiger partial charge in [-0.05, 0) is 24.3 Å². The van der Waals surface area contributed by atoms with Gasteiger partial charge in [-0.1, -0.05) is 6.92 Å². The van der Waals surface area contributed by atoms with Crippen molar-refractivity contribution in [1.29, 1.82) is 0 Å². The number of carbonyl (C=O) groups excluding carboxylic acids is 1. The predicted molar refractivity (Wildman–Crippen MR) is 78.3 cm³/mol. The molecule has 23 heavy (non-hydrogen) atoms. The van der Waals surface area contributed by atoms with Crippen molar-refractivity contribution in [3.05, 3.63) is 53.5 Å². The lowest BCUT2D eigenvalue weighted by molar-refractivity contribution is 0.0820. The molecule has 2 rings (SSSR count). The third kappa shape index (κ3) is 4.79. The molecule has 0 saturated carbocycles. The van der Waals surface area contributed by atoms with Crippen LogP contribution in [0.4, 0.5) is 8.78 Å². The maximum Gasteiger partial charge on any atom is 0.287 e. The van der Waals surface area contributed by atoms with Crippen LogP contribution in [0.25, 0.3) is 0 Å². The van der Waals surface area contributed by atoms with Crippen LogP contribution in [-0.4, -0.2) is 30.3 Å². The summed E-state index contributed by atoms with van der Waals surface area (Å²) in [4.78, 5) is 11.8. The molecule has 0 aliphatic heterocycles. The van der Waals surface area contributed by atoms with E-state index in [4.69, 9.17) is 9.15 Å². The Labute approximate surface area is 131 Å². The molecule has 0 aliphatic carbocycles. The summed E-state index contributed by atoms with van der Waals surface area (Å²) in [6, 6.07) is 6.32. The van der Waals surface area contributed by atoms with Crippen molar-refractivity contribution < 1.29 is 27.8 Å². The number of aryl methyl sites for hydroxylation is 1. The van der Waals surface area contributed by atoms with E-state index in [-0.39, 0.29) is 24.7 Å². The van der Waals surface area contributed by atoms with Crippen molar-refractivity contribution in [2.75, 3.05) is 13.2 Å². The van der Waals surface area contributed by atoms with Gasteiger partial charge in [-0.25, -0.2) is 8.78 Å². The predicted octanol–water partition coefficient (Wildman–Crippen LogP) is 2.29. The average Bonchev–Trinajstić information content (AvgIpc) is 3.03. The molecule has 1 unspecified atom stereocenters. The summed E-state index contributed by atoms with van der Waals surface area (Å²) in [5.41, 5.74) is 0. The van der Waals surface area contributed by atoms with E-state index in [9.17, 15) is 18.7 Å². The van der Waals surface area contributed by atoms with Crippen LogP contribution in [0.2, 0.25) is 0 Å². The minimum absolute atomic E-state index is 0.0648. The Kier molecular flexibility index (Phi) is 5.70. The van der Waals surface area contributed by atoms with Crippen LogP contribution >= 0.6 is 0 Å². The molecule has 0 radical (unpaired) electrons. The van der Waals surface area contributed by atoms with E-state index in [0.717, 1.165) is 12.1 Å². The van der Waals surface area contributed by atoms with Gasteiger partial charge in [0.05, 0.1) is 0 Å². The summed E-state index contributed by atoms with van der Waals surface area (Å²) in [6.45, 7) is 1.66. The molecule has 2 N–H and O–H groups in total. The van der Waals surface area contributed by atoms with Crippen molar-refractivity contribution in [3.8, 4) is 5.75 Å². The molecular formula is C16H17F2NO4. The highest BCUT2D eigenvalue weighted by atomic mass is 19.2. The number of hydrogen-bond donors (Lipinski definition) is 2. The Morgan fingerprint density at radius 2 is 2.09 bits per heavy atom. The van der Waals surface area contributed by atoms with E-state index in [1.165, 1.54) is 6.07 Å². The fourth-order valence-electron chi connectivity index (χ4n) is 1.81. The highest BCUT2D eigenvalue weighted by molar-refractivity contribution is 5.91. The molecule has 0 saturated heterocycles.